The number of ether oxygens (including phenoxy) is 1. The van der Waals surface area contributed by atoms with E-state index in [4.69, 9.17) is 4.74 Å². The normalized spacial score (nSPS) is 12.6. The van der Waals surface area contributed by atoms with Gasteiger partial charge in [0.15, 0.2) is 5.65 Å². The summed E-state index contributed by atoms with van der Waals surface area (Å²) in [6, 6.07) is 0. The number of fused-ring (bicyclic) bond motifs is 1. The quantitative estimate of drug-likeness (QED) is 0.821. The van der Waals surface area contributed by atoms with E-state index in [1.54, 1.807) is 6.33 Å². The molecule has 0 saturated heterocycles. The highest BCUT2D eigenvalue weighted by atomic mass is 16.5. The van der Waals surface area contributed by atoms with Gasteiger partial charge < -0.3 is 15.0 Å². The number of anilines is 1. The Balaban J connectivity index is 2.32. The van der Waals surface area contributed by atoms with Crippen LogP contribution in [0.4, 0.5) is 5.95 Å². The van der Waals surface area contributed by atoms with E-state index in [1.165, 1.54) is 0 Å². The molecule has 0 saturated carbocycles. The molecule has 6 heteroatoms. The molecule has 2 heterocycles. The molecule has 1 unspecified atom stereocenters. The first kappa shape index (κ1) is 12.6. The number of aromatic nitrogens is 4. The van der Waals surface area contributed by atoms with Gasteiger partial charge in [-0.05, 0) is 19.8 Å². The van der Waals surface area contributed by atoms with E-state index in [0.717, 1.165) is 24.9 Å². The lowest BCUT2D eigenvalue weighted by atomic mass is 10.3. The lowest BCUT2D eigenvalue weighted by molar-refractivity contribution is 0.211. The zero-order chi connectivity index (χ0) is 13.0. The van der Waals surface area contributed by atoms with Crippen molar-refractivity contribution in [2.75, 3.05) is 11.9 Å². The second-order valence-electron chi connectivity index (χ2n) is 4.22. The molecule has 0 radical (unpaired) electrons. The lowest BCUT2D eigenvalue weighted by Gasteiger charge is -2.13. The predicted octanol–water partition coefficient (Wildman–Crippen LogP) is 2.35. The van der Waals surface area contributed by atoms with Gasteiger partial charge in [0.1, 0.15) is 5.52 Å². The van der Waals surface area contributed by atoms with E-state index in [-0.39, 0.29) is 6.10 Å². The summed E-state index contributed by atoms with van der Waals surface area (Å²) in [5, 5.41) is 3.15. The van der Waals surface area contributed by atoms with Crippen molar-refractivity contribution in [3.05, 3.63) is 6.33 Å². The van der Waals surface area contributed by atoms with Crippen LogP contribution < -0.4 is 10.1 Å². The van der Waals surface area contributed by atoms with Crippen LogP contribution in [0.25, 0.3) is 11.2 Å². The van der Waals surface area contributed by atoms with Crippen LogP contribution in [0.5, 0.6) is 5.88 Å². The zero-order valence-electron chi connectivity index (χ0n) is 11.0. The van der Waals surface area contributed by atoms with Crippen molar-refractivity contribution in [2.24, 2.45) is 0 Å². The lowest BCUT2D eigenvalue weighted by Crippen LogP contribution is -2.13. The van der Waals surface area contributed by atoms with Crippen molar-refractivity contribution in [3.8, 4) is 5.88 Å². The van der Waals surface area contributed by atoms with Gasteiger partial charge >= 0.3 is 0 Å². The molecule has 98 valence electrons. The second-order valence-corrected chi connectivity index (χ2v) is 4.22. The fourth-order valence-electron chi connectivity index (χ4n) is 1.48. The number of nitrogens with one attached hydrogen (secondary N) is 2. The molecule has 0 aromatic carbocycles. The number of rotatable bonds is 6. The number of aromatic amines is 1. The highest BCUT2D eigenvalue weighted by Crippen LogP contribution is 2.22. The van der Waals surface area contributed by atoms with Gasteiger partial charge in [-0.15, -0.1) is 0 Å². The van der Waals surface area contributed by atoms with Gasteiger partial charge in [0.05, 0.1) is 12.4 Å². The van der Waals surface area contributed by atoms with Crippen molar-refractivity contribution in [1.82, 2.24) is 19.9 Å². The number of nitrogens with zero attached hydrogens (tertiary/aromatic N) is 3. The molecule has 0 fully saturated rings. The van der Waals surface area contributed by atoms with Crippen molar-refractivity contribution < 1.29 is 4.74 Å². The molecule has 0 bridgehead atoms. The molecule has 0 aliphatic heterocycles. The SMILES string of the molecule is CCCNc1nc(OC(C)CC)c2[nH]cnc2n1. The minimum Gasteiger partial charge on any atom is -0.473 e. The predicted molar refractivity (Wildman–Crippen MR) is 70.8 cm³/mol. The highest BCUT2D eigenvalue weighted by molar-refractivity contribution is 5.76. The first-order valence-electron chi connectivity index (χ1n) is 6.36. The van der Waals surface area contributed by atoms with Crippen molar-refractivity contribution in [1.29, 1.82) is 0 Å². The summed E-state index contributed by atoms with van der Waals surface area (Å²) in [7, 11) is 0. The van der Waals surface area contributed by atoms with Gasteiger partial charge in [0, 0.05) is 6.54 Å². The van der Waals surface area contributed by atoms with Crippen LogP contribution in [0.15, 0.2) is 6.33 Å². The van der Waals surface area contributed by atoms with Gasteiger partial charge in [-0.25, -0.2) is 4.98 Å². The Morgan fingerprint density at radius 2 is 2.22 bits per heavy atom. The average Bonchev–Trinajstić information content (AvgIpc) is 2.84. The molecule has 2 aromatic heterocycles. The largest absolute Gasteiger partial charge is 0.473 e. The molecule has 18 heavy (non-hydrogen) atoms. The standard InChI is InChI=1S/C12H19N5O/c1-4-6-13-12-16-10-9(14-7-15-10)11(17-12)18-8(3)5-2/h7-8H,4-6H2,1-3H3,(H2,13,14,15,16,17). The molecule has 0 aliphatic carbocycles. The fourth-order valence-corrected chi connectivity index (χ4v) is 1.48. The minimum atomic E-state index is 0.116. The monoisotopic (exact) mass is 249 g/mol. The maximum atomic E-state index is 5.79. The topological polar surface area (TPSA) is 75.7 Å². The van der Waals surface area contributed by atoms with Gasteiger partial charge in [-0.3, -0.25) is 0 Å². The zero-order valence-corrected chi connectivity index (χ0v) is 11.0. The number of H-pyrrole nitrogens is 1. The third kappa shape index (κ3) is 2.69. The Labute approximate surface area is 106 Å². The number of hydrogen-bond acceptors (Lipinski definition) is 5. The molecular formula is C12H19N5O. The van der Waals surface area contributed by atoms with E-state index in [2.05, 4.69) is 39.1 Å². The molecule has 2 rings (SSSR count). The molecular weight excluding hydrogens is 230 g/mol. The van der Waals surface area contributed by atoms with Crippen LogP contribution in [-0.4, -0.2) is 32.6 Å². The van der Waals surface area contributed by atoms with E-state index in [9.17, 15) is 0 Å². The van der Waals surface area contributed by atoms with Crippen LogP contribution in [0.2, 0.25) is 0 Å². The van der Waals surface area contributed by atoms with Crippen LogP contribution in [0.3, 0.4) is 0 Å². The number of imidazole rings is 1. The second kappa shape index (κ2) is 5.66. The molecule has 0 spiro atoms. The van der Waals surface area contributed by atoms with Crippen LogP contribution in [-0.2, 0) is 0 Å². The summed E-state index contributed by atoms with van der Waals surface area (Å²) < 4.78 is 5.79. The minimum absolute atomic E-state index is 0.116. The Kier molecular flexibility index (Phi) is 3.96. The maximum Gasteiger partial charge on any atom is 0.245 e. The Morgan fingerprint density at radius 3 is 2.94 bits per heavy atom. The van der Waals surface area contributed by atoms with E-state index < -0.39 is 0 Å². The van der Waals surface area contributed by atoms with Crippen molar-refractivity contribution in [3.63, 3.8) is 0 Å². The van der Waals surface area contributed by atoms with Gasteiger partial charge in [0.25, 0.3) is 0 Å². The van der Waals surface area contributed by atoms with E-state index >= 15 is 0 Å². The Morgan fingerprint density at radius 1 is 1.39 bits per heavy atom. The highest BCUT2D eigenvalue weighted by Gasteiger charge is 2.12. The fraction of sp³-hybridized carbons (Fsp3) is 0.583. The third-order valence-electron chi connectivity index (χ3n) is 2.67. The van der Waals surface area contributed by atoms with Gasteiger partial charge in [0.2, 0.25) is 11.8 Å². The molecule has 1 atom stereocenters. The molecule has 2 N–H and O–H groups in total. The van der Waals surface area contributed by atoms with Crippen molar-refractivity contribution >= 4 is 17.1 Å². The van der Waals surface area contributed by atoms with Crippen LogP contribution in [0, 0.1) is 0 Å². The summed E-state index contributed by atoms with van der Waals surface area (Å²) in [4.78, 5) is 15.9. The summed E-state index contributed by atoms with van der Waals surface area (Å²) in [5.74, 6) is 1.13. The summed E-state index contributed by atoms with van der Waals surface area (Å²) in [6.07, 6.45) is 3.67. The molecule has 2 aromatic rings. The van der Waals surface area contributed by atoms with Crippen molar-refractivity contribution in [2.45, 2.75) is 39.7 Å². The third-order valence-corrected chi connectivity index (χ3v) is 2.67. The van der Waals surface area contributed by atoms with E-state index in [1.807, 2.05) is 6.92 Å². The number of hydrogen-bond donors (Lipinski definition) is 2. The van der Waals surface area contributed by atoms with Gasteiger partial charge in [-0.2, -0.15) is 9.97 Å². The Bertz CT molecular complexity index is 510. The summed E-state index contributed by atoms with van der Waals surface area (Å²) >= 11 is 0. The average molecular weight is 249 g/mol. The van der Waals surface area contributed by atoms with E-state index in [0.29, 0.717) is 17.5 Å². The smallest absolute Gasteiger partial charge is 0.245 e. The molecule has 0 amide bonds. The Hall–Kier alpha value is -1.85. The molecule has 0 aliphatic rings. The first-order chi connectivity index (χ1) is 8.74. The van der Waals surface area contributed by atoms with Crippen LogP contribution in [0.1, 0.15) is 33.6 Å². The molecule has 6 nitrogen and oxygen atoms in total. The van der Waals surface area contributed by atoms with Crippen LogP contribution >= 0.6 is 0 Å². The van der Waals surface area contributed by atoms with Gasteiger partial charge in [-0.1, -0.05) is 13.8 Å². The first-order valence-corrected chi connectivity index (χ1v) is 6.36. The maximum absolute atomic E-state index is 5.79. The summed E-state index contributed by atoms with van der Waals surface area (Å²) in [5.41, 5.74) is 1.37. The summed E-state index contributed by atoms with van der Waals surface area (Å²) in [6.45, 7) is 7.02.